The van der Waals surface area contributed by atoms with Crippen molar-refractivity contribution in [1.29, 1.82) is 0 Å². The van der Waals surface area contributed by atoms with E-state index in [2.05, 4.69) is 37.4 Å². The summed E-state index contributed by atoms with van der Waals surface area (Å²) < 4.78 is 0. The van der Waals surface area contributed by atoms with Gasteiger partial charge < -0.3 is 10.2 Å². The largest absolute Gasteiger partial charge is 0.307 e. The summed E-state index contributed by atoms with van der Waals surface area (Å²) in [6, 6.07) is 5.77. The molecule has 3 heterocycles. The van der Waals surface area contributed by atoms with Crippen LogP contribution in [-0.2, 0) is 0 Å². The van der Waals surface area contributed by atoms with Crippen LogP contribution in [0.15, 0.2) is 30.6 Å². The molecule has 6 nitrogen and oxygen atoms in total. The summed E-state index contributed by atoms with van der Waals surface area (Å²) in [5, 5.41) is 11.6. The van der Waals surface area contributed by atoms with Crippen molar-refractivity contribution in [3.05, 3.63) is 36.3 Å². The zero-order valence-electron chi connectivity index (χ0n) is 11.5. The van der Waals surface area contributed by atoms with E-state index < -0.39 is 0 Å². The maximum absolute atomic E-state index is 4.34. The van der Waals surface area contributed by atoms with Crippen molar-refractivity contribution in [2.75, 3.05) is 25.5 Å². The van der Waals surface area contributed by atoms with Gasteiger partial charge in [0, 0.05) is 18.3 Å². The molecule has 2 aromatic rings. The second-order valence-corrected chi connectivity index (χ2v) is 5.12. The number of anilines is 2. The summed E-state index contributed by atoms with van der Waals surface area (Å²) >= 11 is 0. The summed E-state index contributed by atoms with van der Waals surface area (Å²) in [6.07, 6.45) is 5.69. The van der Waals surface area contributed by atoms with Gasteiger partial charge in [0.1, 0.15) is 0 Å². The predicted molar refractivity (Wildman–Crippen MR) is 76.8 cm³/mol. The standard InChI is InChI=1S/C14H18N6/c1-20-9-5-11(6-10-20)12-3-4-13(19-18-12)17-14-15-7-2-8-16-14/h2-4,7-8,11H,5-6,9-10H2,1H3,(H,15,16,17,19). The van der Waals surface area contributed by atoms with Crippen molar-refractivity contribution in [3.8, 4) is 0 Å². The van der Waals surface area contributed by atoms with Gasteiger partial charge in [-0.15, -0.1) is 5.10 Å². The number of nitrogens with one attached hydrogen (secondary N) is 1. The van der Waals surface area contributed by atoms with Gasteiger partial charge in [0.2, 0.25) is 5.95 Å². The maximum atomic E-state index is 4.34. The maximum Gasteiger partial charge on any atom is 0.228 e. The molecule has 0 unspecified atom stereocenters. The number of nitrogens with zero attached hydrogens (tertiary/aromatic N) is 5. The van der Waals surface area contributed by atoms with Gasteiger partial charge in [-0.25, -0.2) is 9.97 Å². The average Bonchev–Trinajstić information content (AvgIpc) is 2.50. The molecule has 1 N–H and O–H groups in total. The van der Waals surface area contributed by atoms with E-state index in [9.17, 15) is 0 Å². The van der Waals surface area contributed by atoms with E-state index in [4.69, 9.17) is 0 Å². The fourth-order valence-electron chi connectivity index (χ4n) is 2.41. The molecule has 6 heteroatoms. The molecule has 2 aromatic heterocycles. The normalized spacial score (nSPS) is 17.1. The summed E-state index contributed by atoms with van der Waals surface area (Å²) in [7, 11) is 2.16. The highest BCUT2D eigenvalue weighted by Crippen LogP contribution is 2.25. The van der Waals surface area contributed by atoms with Gasteiger partial charge in [0.15, 0.2) is 5.82 Å². The summed E-state index contributed by atoms with van der Waals surface area (Å²) in [4.78, 5) is 10.6. The topological polar surface area (TPSA) is 66.8 Å². The Bertz CT molecular complexity index is 533. The second kappa shape index (κ2) is 5.92. The van der Waals surface area contributed by atoms with Crippen molar-refractivity contribution < 1.29 is 0 Å². The zero-order valence-corrected chi connectivity index (χ0v) is 11.5. The van der Waals surface area contributed by atoms with E-state index in [1.807, 2.05) is 12.1 Å². The molecule has 0 saturated carbocycles. The molecule has 0 aliphatic carbocycles. The minimum Gasteiger partial charge on any atom is -0.307 e. The van der Waals surface area contributed by atoms with Crippen molar-refractivity contribution in [1.82, 2.24) is 25.1 Å². The number of likely N-dealkylation sites (tertiary alicyclic amines) is 1. The molecular formula is C14H18N6. The molecule has 104 valence electrons. The Morgan fingerprint density at radius 2 is 1.85 bits per heavy atom. The van der Waals surface area contributed by atoms with Crippen LogP contribution in [0, 0.1) is 0 Å². The third-order valence-electron chi connectivity index (χ3n) is 3.63. The molecule has 0 aromatic carbocycles. The number of aromatic nitrogens is 4. The van der Waals surface area contributed by atoms with Crippen molar-refractivity contribution in [2.45, 2.75) is 18.8 Å². The first kappa shape index (κ1) is 12.9. The van der Waals surface area contributed by atoms with E-state index in [1.54, 1.807) is 18.5 Å². The lowest BCUT2D eigenvalue weighted by Gasteiger charge is -2.28. The van der Waals surface area contributed by atoms with Crippen LogP contribution in [0.4, 0.5) is 11.8 Å². The van der Waals surface area contributed by atoms with Gasteiger partial charge >= 0.3 is 0 Å². The van der Waals surface area contributed by atoms with Crippen LogP contribution in [-0.4, -0.2) is 45.2 Å². The van der Waals surface area contributed by atoms with Crippen LogP contribution in [0.1, 0.15) is 24.5 Å². The number of hydrogen-bond donors (Lipinski definition) is 1. The molecule has 3 rings (SSSR count). The van der Waals surface area contributed by atoms with Gasteiger partial charge in [-0.3, -0.25) is 0 Å². The van der Waals surface area contributed by atoms with Gasteiger partial charge in [0.25, 0.3) is 0 Å². The predicted octanol–water partition coefficient (Wildman–Crippen LogP) is 1.82. The lowest BCUT2D eigenvalue weighted by atomic mass is 9.94. The smallest absolute Gasteiger partial charge is 0.228 e. The molecule has 1 aliphatic heterocycles. The Kier molecular flexibility index (Phi) is 3.83. The summed E-state index contributed by atoms with van der Waals surface area (Å²) in [5.41, 5.74) is 1.08. The highest BCUT2D eigenvalue weighted by atomic mass is 15.2. The Labute approximate surface area is 118 Å². The van der Waals surface area contributed by atoms with Crippen molar-refractivity contribution in [2.24, 2.45) is 0 Å². The first-order chi connectivity index (χ1) is 9.81. The Morgan fingerprint density at radius 1 is 1.10 bits per heavy atom. The number of hydrogen-bond acceptors (Lipinski definition) is 6. The van der Waals surface area contributed by atoms with Gasteiger partial charge in [-0.2, -0.15) is 5.10 Å². The van der Waals surface area contributed by atoms with E-state index in [0.717, 1.165) is 31.6 Å². The van der Waals surface area contributed by atoms with E-state index in [0.29, 0.717) is 17.7 Å². The van der Waals surface area contributed by atoms with E-state index in [-0.39, 0.29) is 0 Å². The minimum absolute atomic E-state index is 0.528. The van der Waals surface area contributed by atoms with E-state index >= 15 is 0 Å². The SMILES string of the molecule is CN1CCC(c2ccc(Nc3ncccn3)nn2)CC1. The molecule has 0 atom stereocenters. The Morgan fingerprint density at radius 3 is 2.50 bits per heavy atom. The van der Waals surface area contributed by atoms with Gasteiger partial charge in [-0.05, 0) is 51.2 Å². The van der Waals surface area contributed by atoms with Gasteiger partial charge in [-0.1, -0.05) is 0 Å². The van der Waals surface area contributed by atoms with Crippen LogP contribution in [0.5, 0.6) is 0 Å². The number of piperidine rings is 1. The van der Waals surface area contributed by atoms with Crippen molar-refractivity contribution in [3.63, 3.8) is 0 Å². The molecule has 0 bridgehead atoms. The zero-order chi connectivity index (χ0) is 13.8. The molecule has 1 fully saturated rings. The average molecular weight is 270 g/mol. The first-order valence-corrected chi connectivity index (χ1v) is 6.87. The Balaban J connectivity index is 1.65. The molecule has 0 amide bonds. The van der Waals surface area contributed by atoms with Crippen LogP contribution < -0.4 is 5.32 Å². The molecular weight excluding hydrogens is 252 g/mol. The first-order valence-electron chi connectivity index (χ1n) is 6.87. The number of rotatable bonds is 3. The van der Waals surface area contributed by atoms with Crippen LogP contribution in [0.2, 0.25) is 0 Å². The Hall–Kier alpha value is -2.08. The van der Waals surface area contributed by atoms with Crippen LogP contribution in [0.3, 0.4) is 0 Å². The fraction of sp³-hybridized carbons (Fsp3) is 0.429. The summed E-state index contributed by atoms with van der Waals surface area (Å²) in [5.74, 6) is 1.74. The molecule has 0 spiro atoms. The fourth-order valence-corrected chi connectivity index (χ4v) is 2.41. The lowest BCUT2D eigenvalue weighted by Crippen LogP contribution is -2.29. The highest BCUT2D eigenvalue weighted by molar-refractivity contribution is 5.46. The van der Waals surface area contributed by atoms with E-state index in [1.165, 1.54) is 0 Å². The quantitative estimate of drug-likeness (QED) is 0.917. The van der Waals surface area contributed by atoms with Gasteiger partial charge in [0.05, 0.1) is 5.69 Å². The van der Waals surface area contributed by atoms with Crippen LogP contribution >= 0.6 is 0 Å². The third-order valence-corrected chi connectivity index (χ3v) is 3.63. The molecule has 1 saturated heterocycles. The third kappa shape index (κ3) is 3.08. The highest BCUT2D eigenvalue weighted by Gasteiger charge is 2.19. The molecule has 0 radical (unpaired) electrons. The molecule has 1 aliphatic rings. The van der Waals surface area contributed by atoms with Crippen molar-refractivity contribution >= 4 is 11.8 Å². The summed E-state index contributed by atoms with van der Waals surface area (Å²) in [6.45, 7) is 2.26. The van der Waals surface area contributed by atoms with Crippen LogP contribution in [0.25, 0.3) is 0 Å². The molecule has 20 heavy (non-hydrogen) atoms. The second-order valence-electron chi connectivity index (χ2n) is 5.12. The minimum atomic E-state index is 0.528. The lowest BCUT2D eigenvalue weighted by molar-refractivity contribution is 0.253. The monoisotopic (exact) mass is 270 g/mol.